The molecule has 0 aliphatic carbocycles. The maximum Gasteiger partial charge on any atom is 0.243 e. The molecule has 1 heterocycles. The standard InChI is InChI=1S/C19H21NO4S/c21-19(22)17-6-8-18(9-7-17)25(23,24)20-12-10-16(11-13-20)14-15-4-2-1-3-5-15/h1-9,16H,10-14H2,(H,21,22)/p-1. The van der Waals surface area contributed by atoms with E-state index < -0.39 is 16.0 Å². The Labute approximate surface area is 148 Å². The van der Waals surface area contributed by atoms with Crippen LogP contribution in [0.2, 0.25) is 0 Å². The molecular formula is C19H20NO4S-. The molecule has 0 radical (unpaired) electrons. The Morgan fingerprint density at radius 3 is 2.16 bits per heavy atom. The second-order valence-corrected chi connectivity index (χ2v) is 8.29. The van der Waals surface area contributed by atoms with Gasteiger partial charge in [0.1, 0.15) is 0 Å². The van der Waals surface area contributed by atoms with E-state index in [0.717, 1.165) is 19.3 Å². The van der Waals surface area contributed by atoms with Gasteiger partial charge in [-0.15, -0.1) is 0 Å². The molecule has 132 valence electrons. The van der Waals surface area contributed by atoms with E-state index in [-0.39, 0.29) is 10.5 Å². The second-order valence-electron chi connectivity index (χ2n) is 6.35. The summed E-state index contributed by atoms with van der Waals surface area (Å²) in [6.45, 7) is 0.976. The molecule has 0 aromatic heterocycles. The second kappa shape index (κ2) is 7.37. The van der Waals surface area contributed by atoms with Crippen molar-refractivity contribution in [2.45, 2.75) is 24.2 Å². The van der Waals surface area contributed by atoms with Crippen LogP contribution in [0, 0.1) is 5.92 Å². The van der Waals surface area contributed by atoms with Crippen molar-refractivity contribution in [1.29, 1.82) is 0 Å². The highest BCUT2D eigenvalue weighted by atomic mass is 32.2. The van der Waals surface area contributed by atoms with Gasteiger partial charge in [0.25, 0.3) is 0 Å². The Hall–Kier alpha value is -2.18. The summed E-state index contributed by atoms with van der Waals surface area (Å²) in [5, 5.41) is 10.8. The number of nitrogens with zero attached hydrogens (tertiary/aromatic N) is 1. The first kappa shape index (κ1) is 17.6. The Kier molecular flexibility index (Phi) is 5.20. The van der Waals surface area contributed by atoms with E-state index in [0.29, 0.717) is 19.0 Å². The SMILES string of the molecule is O=C([O-])c1ccc(S(=O)(=O)N2CCC(Cc3ccccc3)CC2)cc1. The zero-order valence-electron chi connectivity index (χ0n) is 13.8. The largest absolute Gasteiger partial charge is 0.545 e. The zero-order chi connectivity index (χ0) is 17.9. The number of benzene rings is 2. The van der Waals surface area contributed by atoms with Crippen molar-refractivity contribution in [2.75, 3.05) is 13.1 Å². The van der Waals surface area contributed by atoms with Crippen molar-refractivity contribution >= 4 is 16.0 Å². The molecule has 1 saturated heterocycles. The normalized spacial score (nSPS) is 16.6. The van der Waals surface area contributed by atoms with Crippen LogP contribution in [0.3, 0.4) is 0 Å². The molecular weight excluding hydrogens is 338 g/mol. The monoisotopic (exact) mass is 358 g/mol. The van der Waals surface area contributed by atoms with E-state index in [2.05, 4.69) is 12.1 Å². The van der Waals surface area contributed by atoms with Crippen LogP contribution in [0.1, 0.15) is 28.8 Å². The summed E-state index contributed by atoms with van der Waals surface area (Å²) in [5.41, 5.74) is 1.25. The highest BCUT2D eigenvalue weighted by Crippen LogP contribution is 2.26. The van der Waals surface area contributed by atoms with E-state index in [1.54, 1.807) is 0 Å². The summed E-state index contributed by atoms with van der Waals surface area (Å²) in [5.74, 6) is -0.833. The number of aromatic carboxylic acids is 1. The highest BCUT2D eigenvalue weighted by Gasteiger charge is 2.29. The van der Waals surface area contributed by atoms with Crippen LogP contribution < -0.4 is 5.11 Å². The van der Waals surface area contributed by atoms with Crippen LogP contribution in [0.25, 0.3) is 0 Å². The molecule has 0 atom stereocenters. The minimum absolute atomic E-state index is 0.0273. The molecule has 25 heavy (non-hydrogen) atoms. The molecule has 6 heteroatoms. The van der Waals surface area contributed by atoms with Gasteiger partial charge in [0, 0.05) is 13.1 Å². The fourth-order valence-corrected chi connectivity index (χ4v) is 4.68. The van der Waals surface area contributed by atoms with Gasteiger partial charge >= 0.3 is 0 Å². The number of piperidine rings is 1. The first-order chi connectivity index (χ1) is 12.0. The Morgan fingerprint density at radius 1 is 1.00 bits per heavy atom. The molecule has 1 aliphatic rings. The van der Waals surface area contributed by atoms with Crippen LogP contribution in [0.5, 0.6) is 0 Å². The fourth-order valence-electron chi connectivity index (χ4n) is 3.21. The smallest absolute Gasteiger partial charge is 0.243 e. The van der Waals surface area contributed by atoms with Gasteiger partial charge in [0.05, 0.1) is 10.9 Å². The summed E-state index contributed by atoms with van der Waals surface area (Å²) < 4.78 is 26.9. The van der Waals surface area contributed by atoms with E-state index in [9.17, 15) is 18.3 Å². The minimum Gasteiger partial charge on any atom is -0.545 e. The van der Waals surface area contributed by atoms with Crippen LogP contribution in [-0.4, -0.2) is 31.8 Å². The summed E-state index contributed by atoms with van der Waals surface area (Å²) in [4.78, 5) is 10.9. The van der Waals surface area contributed by atoms with Crippen molar-refractivity contribution in [3.05, 3.63) is 65.7 Å². The lowest BCUT2D eigenvalue weighted by Gasteiger charge is -2.31. The summed E-state index contributed by atoms with van der Waals surface area (Å²) >= 11 is 0. The maximum absolute atomic E-state index is 12.7. The lowest BCUT2D eigenvalue weighted by molar-refractivity contribution is -0.255. The van der Waals surface area contributed by atoms with Gasteiger partial charge in [-0.05, 0) is 48.4 Å². The molecule has 3 rings (SSSR count). The van der Waals surface area contributed by atoms with Crippen LogP contribution in [0.4, 0.5) is 0 Å². The Balaban J connectivity index is 1.64. The molecule has 2 aromatic carbocycles. The quantitative estimate of drug-likeness (QED) is 0.815. The molecule has 1 aliphatic heterocycles. The molecule has 0 spiro atoms. The molecule has 0 amide bonds. The van der Waals surface area contributed by atoms with Crippen molar-refractivity contribution in [3.8, 4) is 0 Å². The van der Waals surface area contributed by atoms with Crippen molar-refractivity contribution in [3.63, 3.8) is 0 Å². The number of carboxylic acids is 1. The van der Waals surface area contributed by atoms with Crippen molar-refractivity contribution < 1.29 is 18.3 Å². The van der Waals surface area contributed by atoms with Gasteiger partial charge in [-0.2, -0.15) is 4.31 Å². The molecule has 2 aromatic rings. The number of carboxylic acid groups (broad SMARTS) is 1. The molecule has 0 bridgehead atoms. The first-order valence-electron chi connectivity index (χ1n) is 8.32. The highest BCUT2D eigenvalue weighted by molar-refractivity contribution is 7.89. The number of sulfonamides is 1. The lowest BCUT2D eigenvalue weighted by Crippen LogP contribution is -2.38. The topological polar surface area (TPSA) is 77.5 Å². The summed E-state index contributed by atoms with van der Waals surface area (Å²) in [6.07, 6.45) is 2.62. The van der Waals surface area contributed by atoms with Gasteiger partial charge in [-0.3, -0.25) is 0 Å². The van der Waals surface area contributed by atoms with Crippen LogP contribution in [-0.2, 0) is 16.4 Å². The van der Waals surface area contributed by atoms with E-state index in [1.807, 2.05) is 18.2 Å². The number of hydrogen-bond acceptors (Lipinski definition) is 4. The van der Waals surface area contributed by atoms with Gasteiger partial charge in [0.2, 0.25) is 10.0 Å². The van der Waals surface area contributed by atoms with E-state index in [4.69, 9.17) is 0 Å². The zero-order valence-corrected chi connectivity index (χ0v) is 14.6. The molecule has 0 saturated carbocycles. The van der Waals surface area contributed by atoms with Crippen molar-refractivity contribution in [2.24, 2.45) is 5.92 Å². The Morgan fingerprint density at radius 2 is 1.60 bits per heavy atom. The van der Waals surface area contributed by atoms with E-state index in [1.165, 1.54) is 34.1 Å². The molecule has 1 fully saturated rings. The van der Waals surface area contributed by atoms with Gasteiger partial charge in [-0.1, -0.05) is 42.5 Å². The third kappa shape index (κ3) is 4.08. The molecule has 0 unspecified atom stereocenters. The third-order valence-electron chi connectivity index (χ3n) is 4.67. The van der Waals surface area contributed by atoms with Gasteiger partial charge in [-0.25, -0.2) is 8.42 Å². The van der Waals surface area contributed by atoms with Crippen LogP contribution >= 0.6 is 0 Å². The van der Waals surface area contributed by atoms with Crippen molar-refractivity contribution in [1.82, 2.24) is 4.31 Å². The minimum atomic E-state index is -3.58. The third-order valence-corrected chi connectivity index (χ3v) is 6.58. The first-order valence-corrected chi connectivity index (χ1v) is 9.76. The summed E-state index contributed by atoms with van der Waals surface area (Å²) in [7, 11) is -3.58. The van der Waals surface area contributed by atoms with Crippen LogP contribution in [0.15, 0.2) is 59.5 Å². The molecule has 0 N–H and O–H groups in total. The predicted molar refractivity (Wildman–Crippen MR) is 92.4 cm³/mol. The fraction of sp³-hybridized carbons (Fsp3) is 0.316. The number of carbonyl (C=O) groups is 1. The number of hydrogen-bond donors (Lipinski definition) is 0. The predicted octanol–water partition coefficient (Wildman–Crippen LogP) is 1.69. The van der Waals surface area contributed by atoms with Gasteiger partial charge < -0.3 is 9.90 Å². The lowest BCUT2D eigenvalue weighted by atomic mass is 9.91. The molecule has 5 nitrogen and oxygen atoms in total. The maximum atomic E-state index is 12.7. The summed E-state index contributed by atoms with van der Waals surface area (Å²) in [6, 6.07) is 15.4. The van der Waals surface area contributed by atoms with E-state index >= 15 is 0 Å². The average molecular weight is 358 g/mol. The average Bonchev–Trinajstić information content (AvgIpc) is 2.63. The Bertz CT molecular complexity index is 823. The number of rotatable bonds is 5. The number of carbonyl (C=O) groups excluding carboxylic acids is 1. The van der Waals surface area contributed by atoms with Gasteiger partial charge in [0.15, 0.2) is 0 Å².